The molecule has 1 heterocycles. The predicted molar refractivity (Wildman–Crippen MR) is 79.0 cm³/mol. The van der Waals surface area contributed by atoms with E-state index in [4.69, 9.17) is 5.73 Å². The number of benzene rings is 1. The first-order valence-electron chi connectivity index (χ1n) is 5.43. The molecule has 0 amide bonds. The van der Waals surface area contributed by atoms with Crippen LogP contribution in [0.4, 0.5) is 11.4 Å². The first kappa shape index (κ1) is 12.2. The zero-order valence-corrected chi connectivity index (χ0v) is 11.8. The van der Waals surface area contributed by atoms with E-state index in [-0.39, 0.29) is 0 Å². The van der Waals surface area contributed by atoms with E-state index >= 15 is 0 Å². The van der Waals surface area contributed by atoms with E-state index in [1.165, 1.54) is 5.56 Å². The summed E-state index contributed by atoms with van der Waals surface area (Å²) in [6.45, 7) is 3.75. The van der Waals surface area contributed by atoms with Crippen LogP contribution in [-0.4, -0.2) is 16.3 Å². The monoisotopic (exact) mass is 342 g/mol. The van der Waals surface area contributed by atoms with Gasteiger partial charge in [0, 0.05) is 27.7 Å². The average Bonchev–Trinajstić information content (AvgIpc) is 2.68. The van der Waals surface area contributed by atoms with Gasteiger partial charge in [-0.05, 0) is 53.3 Å². The molecule has 0 spiro atoms. The Labute approximate surface area is 114 Å². The molecule has 0 radical (unpaired) electrons. The third-order valence-electron chi connectivity index (χ3n) is 2.41. The lowest BCUT2D eigenvalue weighted by atomic mass is 10.3. The molecule has 0 aliphatic carbocycles. The fourth-order valence-corrected chi connectivity index (χ4v) is 2.30. The molecule has 1 aromatic carbocycles. The fraction of sp³-hybridized carbons (Fsp3) is 0.250. The smallest absolute Gasteiger partial charge is 0.0582 e. The SMILES string of the molecule is Cc1cnn(CCNc2ccc(N)cc2I)c1. The third-order valence-corrected chi connectivity index (χ3v) is 3.30. The van der Waals surface area contributed by atoms with Crippen molar-refractivity contribution in [3.63, 3.8) is 0 Å². The van der Waals surface area contributed by atoms with Gasteiger partial charge in [0.05, 0.1) is 12.7 Å². The van der Waals surface area contributed by atoms with Crippen LogP contribution < -0.4 is 11.1 Å². The van der Waals surface area contributed by atoms with Crippen molar-refractivity contribution in [1.29, 1.82) is 0 Å². The van der Waals surface area contributed by atoms with Crippen LogP contribution in [-0.2, 0) is 6.54 Å². The maximum absolute atomic E-state index is 5.70. The largest absolute Gasteiger partial charge is 0.399 e. The van der Waals surface area contributed by atoms with Gasteiger partial charge >= 0.3 is 0 Å². The molecule has 0 saturated carbocycles. The maximum atomic E-state index is 5.70. The number of hydrogen-bond acceptors (Lipinski definition) is 3. The molecule has 0 saturated heterocycles. The number of anilines is 2. The third kappa shape index (κ3) is 3.36. The number of aromatic nitrogens is 2. The van der Waals surface area contributed by atoms with E-state index in [0.717, 1.165) is 28.0 Å². The standard InChI is InChI=1S/C12H15IN4/c1-9-7-16-17(8-9)5-4-15-12-3-2-10(14)6-11(12)13/h2-3,6-8,15H,4-5,14H2,1H3. The summed E-state index contributed by atoms with van der Waals surface area (Å²) in [4.78, 5) is 0. The van der Waals surface area contributed by atoms with E-state index in [9.17, 15) is 0 Å². The van der Waals surface area contributed by atoms with Crippen LogP contribution in [0.25, 0.3) is 0 Å². The molecule has 2 aromatic rings. The summed E-state index contributed by atoms with van der Waals surface area (Å²) in [6.07, 6.45) is 3.91. The molecule has 5 heteroatoms. The molecule has 4 nitrogen and oxygen atoms in total. The Morgan fingerprint density at radius 1 is 1.47 bits per heavy atom. The number of rotatable bonds is 4. The van der Waals surface area contributed by atoms with E-state index in [1.54, 1.807) is 0 Å². The van der Waals surface area contributed by atoms with E-state index in [0.29, 0.717) is 0 Å². The summed E-state index contributed by atoms with van der Waals surface area (Å²) >= 11 is 2.28. The normalized spacial score (nSPS) is 10.5. The van der Waals surface area contributed by atoms with Crippen molar-refractivity contribution in [3.8, 4) is 0 Å². The molecule has 17 heavy (non-hydrogen) atoms. The molecule has 2 rings (SSSR count). The minimum atomic E-state index is 0.794. The Morgan fingerprint density at radius 3 is 2.94 bits per heavy atom. The van der Waals surface area contributed by atoms with Crippen molar-refractivity contribution >= 4 is 34.0 Å². The van der Waals surface area contributed by atoms with E-state index in [1.807, 2.05) is 42.2 Å². The van der Waals surface area contributed by atoms with Gasteiger partial charge in [0.15, 0.2) is 0 Å². The Morgan fingerprint density at radius 2 is 2.29 bits per heavy atom. The van der Waals surface area contributed by atoms with Gasteiger partial charge in [-0.3, -0.25) is 4.68 Å². The number of hydrogen-bond donors (Lipinski definition) is 2. The Balaban J connectivity index is 1.90. The van der Waals surface area contributed by atoms with Gasteiger partial charge < -0.3 is 11.1 Å². The second kappa shape index (κ2) is 5.39. The van der Waals surface area contributed by atoms with Crippen molar-refractivity contribution in [2.45, 2.75) is 13.5 Å². The lowest BCUT2D eigenvalue weighted by Gasteiger charge is -2.09. The highest BCUT2D eigenvalue weighted by Crippen LogP contribution is 2.20. The number of nitrogens with two attached hydrogens (primary N) is 1. The van der Waals surface area contributed by atoms with Crippen molar-refractivity contribution in [3.05, 3.63) is 39.7 Å². The van der Waals surface area contributed by atoms with Gasteiger partial charge in [-0.15, -0.1) is 0 Å². The lowest BCUT2D eigenvalue weighted by molar-refractivity contribution is 0.637. The van der Waals surface area contributed by atoms with Crippen molar-refractivity contribution in [1.82, 2.24) is 9.78 Å². The first-order valence-corrected chi connectivity index (χ1v) is 6.51. The summed E-state index contributed by atoms with van der Waals surface area (Å²) in [5.74, 6) is 0. The lowest BCUT2D eigenvalue weighted by Crippen LogP contribution is -2.11. The number of halogens is 1. The Kier molecular flexibility index (Phi) is 3.88. The van der Waals surface area contributed by atoms with Crippen LogP contribution in [0.3, 0.4) is 0 Å². The number of nitrogens with zero attached hydrogens (tertiary/aromatic N) is 2. The van der Waals surface area contributed by atoms with Crippen LogP contribution >= 0.6 is 22.6 Å². The highest BCUT2D eigenvalue weighted by atomic mass is 127. The van der Waals surface area contributed by atoms with E-state index < -0.39 is 0 Å². The number of nitrogens with one attached hydrogen (secondary N) is 1. The molecule has 0 bridgehead atoms. The average molecular weight is 342 g/mol. The molecule has 0 aliphatic rings. The molecular weight excluding hydrogens is 327 g/mol. The summed E-state index contributed by atoms with van der Waals surface area (Å²) in [7, 11) is 0. The zero-order chi connectivity index (χ0) is 12.3. The predicted octanol–water partition coefficient (Wildman–Crippen LogP) is 2.49. The van der Waals surface area contributed by atoms with Gasteiger partial charge in [0.1, 0.15) is 0 Å². The van der Waals surface area contributed by atoms with Crippen molar-refractivity contribution in [2.75, 3.05) is 17.6 Å². The topological polar surface area (TPSA) is 55.9 Å². The van der Waals surface area contributed by atoms with Crippen molar-refractivity contribution in [2.24, 2.45) is 0 Å². The van der Waals surface area contributed by atoms with Crippen LogP contribution in [0.1, 0.15) is 5.56 Å². The summed E-state index contributed by atoms with van der Waals surface area (Å²) in [6, 6.07) is 5.87. The molecule has 0 unspecified atom stereocenters. The second-order valence-corrected chi connectivity index (χ2v) is 5.11. The highest BCUT2D eigenvalue weighted by molar-refractivity contribution is 14.1. The molecular formula is C12H15IN4. The van der Waals surface area contributed by atoms with Crippen LogP contribution in [0.5, 0.6) is 0 Å². The molecule has 0 aliphatic heterocycles. The van der Waals surface area contributed by atoms with Gasteiger partial charge in [-0.2, -0.15) is 5.10 Å². The van der Waals surface area contributed by atoms with Gasteiger partial charge in [-0.25, -0.2) is 0 Å². The first-order chi connectivity index (χ1) is 8.15. The van der Waals surface area contributed by atoms with Crippen LogP contribution in [0.15, 0.2) is 30.6 Å². The molecule has 0 fully saturated rings. The number of aryl methyl sites for hydroxylation is 1. The van der Waals surface area contributed by atoms with Crippen LogP contribution in [0, 0.1) is 10.5 Å². The quantitative estimate of drug-likeness (QED) is 0.663. The maximum Gasteiger partial charge on any atom is 0.0582 e. The van der Waals surface area contributed by atoms with Gasteiger partial charge in [-0.1, -0.05) is 0 Å². The zero-order valence-electron chi connectivity index (χ0n) is 9.65. The van der Waals surface area contributed by atoms with Gasteiger partial charge in [0.2, 0.25) is 0 Å². The second-order valence-electron chi connectivity index (χ2n) is 3.95. The van der Waals surface area contributed by atoms with Crippen LogP contribution in [0.2, 0.25) is 0 Å². The summed E-state index contributed by atoms with van der Waals surface area (Å²) in [5.41, 5.74) is 8.80. The number of nitrogen functional groups attached to an aromatic ring is 1. The van der Waals surface area contributed by atoms with Crippen molar-refractivity contribution < 1.29 is 0 Å². The van der Waals surface area contributed by atoms with Gasteiger partial charge in [0.25, 0.3) is 0 Å². The van der Waals surface area contributed by atoms with E-state index in [2.05, 4.69) is 33.0 Å². The molecule has 3 N–H and O–H groups in total. The fourth-order valence-electron chi connectivity index (χ4n) is 1.57. The minimum Gasteiger partial charge on any atom is -0.399 e. The summed E-state index contributed by atoms with van der Waals surface area (Å²) in [5, 5.41) is 7.61. The molecule has 1 aromatic heterocycles. The molecule has 0 atom stereocenters. The Hall–Kier alpha value is -1.24. The minimum absolute atomic E-state index is 0.794. The Bertz CT molecular complexity index is 507. The molecule has 90 valence electrons. The summed E-state index contributed by atoms with van der Waals surface area (Å²) < 4.78 is 3.08. The highest BCUT2D eigenvalue weighted by Gasteiger charge is 1.99.